The lowest BCUT2D eigenvalue weighted by molar-refractivity contribution is 0.0904. The van der Waals surface area contributed by atoms with Gasteiger partial charge < -0.3 is 19.9 Å². The maximum Gasteiger partial charge on any atom is 0.253 e. The van der Waals surface area contributed by atoms with Crippen LogP contribution < -0.4 is 10.9 Å². The van der Waals surface area contributed by atoms with Crippen LogP contribution in [-0.2, 0) is 24.1 Å². The van der Waals surface area contributed by atoms with E-state index in [9.17, 15) is 4.79 Å². The van der Waals surface area contributed by atoms with Gasteiger partial charge >= 0.3 is 0 Å². The van der Waals surface area contributed by atoms with Crippen LogP contribution in [0.5, 0.6) is 0 Å². The van der Waals surface area contributed by atoms with E-state index in [4.69, 9.17) is 17.0 Å². The SMILES string of the molecule is CCc1ccc2[nH]c(=O)c(CN(C[C@H]3CCCO3)C(=S)Nc3ccccc3CC)cc2c1. The molecular formula is C26H31N3O2S. The highest BCUT2D eigenvalue weighted by atomic mass is 32.1. The van der Waals surface area contributed by atoms with Gasteiger partial charge in [-0.1, -0.05) is 38.1 Å². The van der Waals surface area contributed by atoms with Gasteiger partial charge in [0.25, 0.3) is 5.56 Å². The molecule has 2 N–H and O–H groups in total. The molecule has 0 unspecified atom stereocenters. The molecule has 1 aliphatic rings. The van der Waals surface area contributed by atoms with Crippen molar-refractivity contribution >= 4 is 33.9 Å². The van der Waals surface area contributed by atoms with Crippen LogP contribution in [0.15, 0.2) is 53.3 Å². The molecule has 6 heteroatoms. The van der Waals surface area contributed by atoms with Crippen molar-refractivity contribution in [3.8, 4) is 0 Å². The second-order valence-electron chi connectivity index (χ2n) is 8.36. The molecule has 0 aliphatic carbocycles. The first-order valence-corrected chi connectivity index (χ1v) is 11.9. The van der Waals surface area contributed by atoms with Gasteiger partial charge in [-0.2, -0.15) is 0 Å². The number of aromatic amines is 1. The van der Waals surface area contributed by atoms with Gasteiger partial charge in [0.1, 0.15) is 0 Å². The number of hydrogen-bond donors (Lipinski definition) is 2. The number of rotatable bonds is 7. The Hall–Kier alpha value is -2.70. The lowest BCUT2D eigenvalue weighted by atomic mass is 10.1. The summed E-state index contributed by atoms with van der Waals surface area (Å²) in [7, 11) is 0. The molecule has 0 spiro atoms. The third kappa shape index (κ3) is 5.19. The van der Waals surface area contributed by atoms with Gasteiger partial charge in [-0.05, 0) is 78.7 Å². The fourth-order valence-electron chi connectivity index (χ4n) is 4.24. The Bertz CT molecular complexity index is 1150. The van der Waals surface area contributed by atoms with Crippen molar-refractivity contribution < 1.29 is 4.74 Å². The summed E-state index contributed by atoms with van der Waals surface area (Å²) < 4.78 is 5.88. The van der Waals surface area contributed by atoms with E-state index >= 15 is 0 Å². The van der Waals surface area contributed by atoms with Crippen molar-refractivity contribution in [1.29, 1.82) is 0 Å². The van der Waals surface area contributed by atoms with E-state index < -0.39 is 0 Å². The van der Waals surface area contributed by atoms with Gasteiger partial charge in [-0.3, -0.25) is 4.79 Å². The second kappa shape index (κ2) is 10.3. The van der Waals surface area contributed by atoms with Crippen LogP contribution in [0.4, 0.5) is 5.69 Å². The van der Waals surface area contributed by atoms with E-state index in [2.05, 4.69) is 47.2 Å². The van der Waals surface area contributed by atoms with Crippen molar-refractivity contribution in [2.24, 2.45) is 0 Å². The van der Waals surface area contributed by atoms with E-state index in [0.29, 0.717) is 23.8 Å². The first kappa shape index (κ1) is 22.5. The van der Waals surface area contributed by atoms with Gasteiger partial charge in [0, 0.05) is 29.9 Å². The molecule has 0 saturated carbocycles. The van der Waals surface area contributed by atoms with Crippen molar-refractivity contribution in [3.05, 3.63) is 75.6 Å². The molecule has 168 valence electrons. The van der Waals surface area contributed by atoms with Gasteiger partial charge in [-0.15, -0.1) is 0 Å². The van der Waals surface area contributed by atoms with Crippen LogP contribution in [0.25, 0.3) is 10.9 Å². The van der Waals surface area contributed by atoms with Crippen LogP contribution in [0, 0.1) is 0 Å². The summed E-state index contributed by atoms with van der Waals surface area (Å²) in [6.07, 6.45) is 4.08. The molecule has 4 rings (SSSR count). The van der Waals surface area contributed by atoms with E-state index in [-0.39, 0.29) is 11.7 Å². The summed E-state index contributed by atoms with van der Waals surface area (Å²) in [5, 5.41) is 5.08. The Morgan fingerprint density at radius 3 is 2.75 bits per heavy atom. The Morgan fingerprint density at radius 2 is 2.00 bits per heavy atom. The Labute approximate surface area is 194 Å². The van der Waals surface area contributed by atoms with Crippen LogP contribution in [0.3, 0.4) is 0 Å². The number of pyridine rings is 1. The van der Waals surface area contributed by atoms with E-state index in [1.807, 2.05) is 30.3 Å². The minimum atomic E-state index is -0.0733. The number of benzene rings is 2. The average Bonchev–Trinajstić information content (AvgIpc) is 3.32. The monoisotopic (exact) mass is 449 g/mol. The maximum atomic E-state index is 12.9. The number of nitrogens with zero attached hydrogens (tertiary/aromatic N) is 1. The average molecular weight is 450 g/mol. The molecule has 0 amide bonds. The van der Waals surface area contributed by atoms with Crippen molar-refractivity contribution in [2.45, 2.75) is 52.2 Å². The zero-order valence-electron chi connectivity index (χ0n) is 18.8. The highest BCUT2D eigenvalue weighted by molar-refractivity contribution is 7.80. The number of aromatic nitrogens is 1. The normalized spacial score (nSPS) is 15.8. The zero-order valence-corrected chi connectivity index (χ0v) is 19.6. The molecule has 1 aromatic heterocycles. The minimum absolute atomic E-state index is 0.0733. The number of fused-ring (bicyclic) bond motifs is 1. The Kier molecular flexibility index (Phi) is 7.22. The topological polar surface area (TPSA) is 57.4 Å². The molecule has 1 fully saturated rings. The Morgan fingerprint density at radius 1 is 1.16 bits per heavy atom. The smallest absolute Gasteiger partial charge is 0.253 e. The third-order valence-electron chi connectivity index (χ3n) is 6.13. The summed E-state index contributed by atoms with van der Waals surface area (Å²) in [6, 6.07) is 16.4. The number of thiocarbonyl (C=S) groups is 1. The number of hydrogen-bond acceptors (Lipinski definition) is 3. The fraction of sp³-hybridized carbons (Fsp3) is 0.385. The summed E-state index contributed by atoms with van der Waals surface area (Å²) in [4.78, 5) is 18.0. The van der Waals surface area contributed by atoms with Gasteiger partial charge in [0.2, 0.25) is 0 Å². The number of aryl methyl sites for hydroxylation is 2. The van der Waals surface area contributed by atoms with Crippen molar-refractivity contribution in [1.82, 2.24) is 9.88 Å². The Balaban J connectivity index is 1.62. The van der Waals surface area contributed by atoms with Crippen LogP contribution in [0.2, 0.25) is 0 Å². The molecule has 2 aromatic carbocycles. The standard InChI is InChI=1S/C26H31N3O2S/c1-3-18-11-12-24-20(14-18)15-21(25(30)27-24)16-29(17-22-9-7-13-31-22)26(32)28-23-10-6-5-8-19(23)4-2/h5-6,8,10-12,14-15,22H,3-4,7,9,13,16-17H2,1-2H3,(H,27,30)(H,28,32)/t22-/m1/s1. The fourth-order valence-corrected chi connectivity index (χ4v) is 4.49. The van der Waals surface area contributed by atoms with Crippen LogP contribution in [0.1, 0.15) is 43.4 Å². The first-order valence-electron chi connectivity index (χ1n) is 11.5. The quantitative estimate of drug-likeness (QED) is 0.496. The molecule has 1 atom stereocenters. The lowest BCUT2D eigenvalue weighted by Crippen LogP contribution is -2.40. The number of anilines is 1. The molecule has 1 aliphatic heterocycles. The maximum absolute atomic E-state index is 12.9. The van der Waals surface area contributed by atoms with Gasteiger partial charge in [-0.25, -0.2) is 0 Å². The molecule has 1 saturated heterocycles. The third-order valence-corrected chi connectivity index (χ3v) is 6.49. The number of H-pyrrole nitrogens is 1. The molecule has 3 aromatic rings. The van der Waals surface area contributed by atoms with Gasteiger partial charge in [0.15, 0.2) is 5.11 Å². The predicted octanol–water partition coefficient (Wildman–Crippen LogP) is 5.03. The summed E-state index contributed by atoms with van der Waals surface area (Å²) in [6.45, 7) is 6.14. The first-order chi connectivity index (χ1) is 15.6. The molecule has 2 heterocycles. The largest absolute Gasteiger partial charge is 0.376 e. The number of nitrogens with one attached hydrogen (secondary N) is 2. The van der Waals surface area contributed by atoms with E-state index in [1.54, 1.807) is 0 Å². The van der Waals surface area contributed by atoms with E-state index in [1.165, 1.54) is 11.1 Å². The summed E-state index contributed by atoms with van der Waals surface area (Å²) in [5.74, 6) is 0. The van der Waals surface area contributed by atoms with Crippen LogP contribution in [-0.4, -0.2) is 34.3 Å². The minimum Gasteiger partial charge on any atom is -0.376 e. The molecule has 0 bridgehead atoms. The predicted molar refractivity (Wildman–Crippen MR) is 135 cm³/mol. The molecule has 0 radical (unpaired) electrons. The highest BCUT2D eigenvalue weighted by Crippen LogP contribution is 2.20. The summed E-state index contributed by atoms with van der Waals surface area (Å²) in [5.41, 5.74) is 4.96. The highest BCUT2D eigenvalue weighted by Gasteiger charge is 2.22. The molecule has 5 nitrogen and oxygen atoms in total. The lowest BCUT2D eigenvalue weighted by Gasteiger charge is -2.28. The van der Waals surface area contributed by atoms with Crippen molar-refractivity contribution in [3.63, 3.8) is 0 Å². The van der Waals surface area contributed by atoms with E-state index in [0.717, 1.165) is 48.9 Å². The summed E-state index contributed by atoms with van der Waals surface area (Å²) >= 11 is 5.82. The number of ether oxygens (including phenoxy) is 1. The van der Waals surface area contributed by atoms with Gasteiger partial charge in [0.05, 0.1) is 12.6 Å². The number of para-hydroxylation sites is 1. The second-order valence-corrected chi connectivity index (χ2v) is 8.74. The van der Waals surface area contributed by atoms with Crippen LogP contribution >= 0.6 is 12.2 Å². The molecule has 32 heavy (non-hydrogen) atoms. The zero-order chi connectivity index (χ0) is 22.5. The van der Waals surface area contributed by atoms with Crippen molar-refractivity contribution in [2.75, 3.05) is 18.5 Å². The molecular weight excluding hydrogens is 418 g/mol.